The van der Waals surface area contributed by atoms with Gasteiger partial charge in [0.2, 0.25) is 5.91 Å². The molecule has 2 aromatic rings. The van der Waals surface area contributed by atoms with Crippen LogP contribution in [-0.2, 0) is 24.3 Å². The number of carbonyl (C=O) groups excluding carboxylic acids is 1. The summed E-state index contributed by atoms with van der Waals surface area (Å²) in [6, 6.07) is 2.16. The second kappa shape index (κ2) is 5.35. The number of carbonyl (C=O) groups is 1. The predicted molar refractivity (Wildman–Crippen MR) is 78.9 cm³/mol. The summed E-state index contributed by atoms with van der Waals surface area (Å²) in [6.07, 6.45) is 3.91. The van der Waals surface area contributed by atoms with E-state index in [0.29, 0.717) is 0 Å². The summed E-state index contributed by atoms with van der Waals surface area (Å²) in [5.41, 5.74) is 3.00. The third-order valence-electron chi connectivity index (χ3n) is 3.87. The Hall–Kier alpha value is -2.11. The molecule has 3 rings (SSSR count). The van der Waals surface area contributed by atoms with Gasteiger partial charge in [0.05, 0.1) is 11.4 Å². The molecule has 6 nitrogen and oxygen atoms in total. The summed E-state index contributed by atoms with van der Waals surface area (Å²) >= 11 is 0. The van der Waals surface area contributed by atoms with Crippen LogP contribution in [0.3, 0.4) is 0 Å². The second-order valence-electron chi connectivity index (χ2n) is 5.84. The van der Waals surface area contributed by atoms with Crippen LogP contribution < -0.4 is 5.32 Å². The lowest BCUT2D eigenvalue weighted by Crippen LogP contribution is -2.42. The maximum Gasteiger partial charge on any atom is 0.242 e. The van der Waals surface area contributed by atoms with E-state index in [2.05, 4.69) is 26.2 Å². The van der Waals surface area contributed by atoms with Crippen molar-refractivity contribution in [3.05, 3.63) is 35.2 Å². The summed E-state index contributed by atoms with van der Waals surface area (Å²) in [4.78, 5) is 16.6. The molecule has 0 spiro atoms. The molecule has 0 bridgehead atoms. The SMILES string of the molecule is Cc1cn2c(n1)CC[C@H](NC(=O)Cn1nc(C)cc1C)C2. The zero-order valence-electron chi connectivity index (χ0n) is 12.8. The first kappa shape index (κ1) is 13.9. The number of nitrogens with one attached hydrogen (secondary N) is 1. The van der Waals surface area contributed by atoms with E-state index < -0.39 is 0 Å². The average Bonchev–Trinajstić information content (AvgIpc) is 2.90. The van der Waals surface area contributed by atoms with Gasteiger partial charge in [0.15, 0.2) is 0 Å². The molecule has 1 N–H and O–H groups in total. The van der Waals surface area contributed by atoms with Crippen LogP contribution in [0.4, 0.5) is 0 Å². The monoisotopic (exact) mass is 287 g/mol. The van der Waals surface area contributed by atoms with Crippen molar-refractivity contribution in [3.8, 4) is 0 Å². The molecule has 0 saturated heterocycles. The van der Waals surface area contributed by atoms with Crippen molar-refractivity contribution in [1.82, 2.24) is 24.6 Å². The van der Waals surface area contributed by atoms with E-state index in [9.17, 15) is 4.79 Å². The van der Waals surface area contributed by atoms with E-state index in [1.807, 2.05) is 26.8 Å². The maximum atomic E-state index is 12.2. The van der Waals surface area contributed by atoms with Crippen molar-refractivity contribution in [1.29, 1.82) is 0 Å². The van der Waals surface area contributed by atoms with Crippen LogP contribution in [-0.4, -0.2) is 31.3 Å². The third kappa shape index (κ3) is 2.99. The highest BCUT2D eigenvalue weighted by Gasteiger charge is 2.21. The number of aromatic nitrogens is 4. The van der Waals surface area contributed by atoms with Gasteiger partial charge in [-0.2, -0.15) is 5.10 Å². The molecule has 0 radical (unpaired) electrons. The van der Waals surface area contributed by atoms with Crippen molar-refractivity contribution < 1.29 is 4.79 Å². The molecular formula is C15H21N5O. The normalized spacial score (nSPS) is 17.6. The van der Waals surface area contributed by atoms with Crippen LogP contribution in [0, 0.1) is 20.8 Å². The van der Waals surface area contributed by atoms with Gasteiger partial charge in [-0.3, -0.25) is 9.48 Å². The van der Waals surface area contributed by atoms with E-state index in [-0.39, 0.29) is 18.5 Å². The fourth-order valence-corrected chi connectivity index (χ4v) is 2.95. The van der Waals surface area contributed by atoms with E-state index in [1.54, 1.807) is 4.68 Å². The largest absolute Gasteiger partial charge is 0.350 e. The zero-order chi connectivity index (χ0) is 15.0. The lowest BCUT2D eigenvalue weighted by molar-refractivity contribution is -0.122. The molecule has 0 unspecified atom stereocenters. The number of fused-ring (bicyclic) bond motifs is 1. The number of aryl methyl sites for hydroxylation is 4. The smallest absolute Gasteiger partial charge is 0.242 e. The molecule has 1 atom stereocenters. The summed E-state index contributed by atoms with van der Waals surface area (Å²) in [5.74, 6) is 1.14. The Balaban J connectivity index is 1.60. The minimum Gasteiger partial charge on any atom is -0.350 e. The van der Waals surface area contributed by atoms with Gasteiger partial charge in [0.1, 0.15) is 12.4 Å². The van der Waals surface area contributed by atoms with E-state index in [1.165, 1.54) is 0 Å². The van der Waals surface area contributed by atoms with Crippen molar-refractivity contribution in [3.63, 3.8) is 0 Å². The molecule has 0 fully saturated rings. The lowest BCUT2D eigenvalue weighted by Gasteiger charge is -2.24. The van der Waals surface area contributed by atoms with E-state index >= 15 is 0 Å². The van der Waals surface area contributed by atoms with Gasteiger partial charge in [-0.25, -0.2) is 4.98 Å². The molecule has 6 heteroatoms. The maximum absolute atomic E-state index is 12.2. The highest BCUT2D eigenvalue weighted by molar-refractivity contribution is 5.76. The molecular weight excluding hydrogens is 266 g/mol. The summed E-state index contributed by atoms with van der Waals surface area (Å²) in [7, 11) is 0. The Morgan fingerprint density at radius 2 is 2.19 bits per heavy atom. The Bertz CT molecular complexity index is 670. The summed E-state index contributed by atoms with van der Waals surface area (Å²) < 4.78 is 3.90. The molecule has 3 heterocycles. The van der Waals surface area contributed by atoms with Crippen molar-refractivity contribution in [2.75, 3.05) is 0 Å². The number of hydrogen-bond acceptors (Lipinski definition) is 3. The molecule has 0 saturated carbocycles. The summed E-state index contributed by atoms with van der Waals surface area (Å²) in [6.45, 7) is 6.99. The van der Waals surface area contributed by atoms with Gasteiger partial charge in [-0.15, -0.1) is 0 Å². The van der Waals surface area contributed by atoms with Gasteiger partial charge in [-0.1, -0.05) is 0 Å². The Morgan fingerprint density at radius 1 is 1.38 bits per heavy atom. The molecule has 1 aliphatic heterocycles. The van der Waals surface area contributed by atoms with Crippen molar-refractivity contribution in [2.45, 2.75) is 52.7 Å². The number of nitrogens with zero attached hydrogens (tertiary/aromatic N) is 4. The van der Waals surface area contributed by atoms with Crippen LogP contribution in [0.15, 0.2) is 12.3 Å². The molecule has 21 heavy (non-hydrogen) atoms. The highest BCUT2D eigenvalue weighted by Crippen LogP contribution is 2.15. The topological polar surface area (TPSA) is 64.7 Å². The summed E-state index contributed by atoms with van der Waals surface area (Å²) in [5, 5.41) is 7.43. The number of imidazole rings is 1. The van der Waals surface area contributed by atoms with E-state index in [0.717, 1.165) is 42.3 Å². The average molecular weight is 287 g/mol. The lowest BCUT2D eigenvalue weighted by atomic mass is 10.1. The molecule has 1 amide bonds. The first-order valence-electron chi connectivity index (χ1n) is 7.34. The fourth-order valence-electron chi connectivity index (χ4n) is 2.95. The molecule has 0 aromatic carbocycles. The Morgan fingerprint density at radius 3 is 2.90 bits per heavy atom. The number of amides is 1. The molecule has 2 aromatic heterocycles. The molecule has 112 valence electrons. The quantitative estimate of drug-likeness (QED) is 0.920. The minimum absolute atomic E-state index is 0.0199. The van der Waals surface area contributed by atoms with Crippen LogP contribution >= 0.6 is 0 Å². The predicted octanol–water partition coefficient (Wildman–Crippen LogP) is 1.14. The molecule has 0 aliphatic carbocycles. The first-order valence-corrected chi connectivity index (χ1v) is 7.34. The van der Waals surface area contributed by atoms with Crippen LogP contribution in [0.2, 0.25) is 0 Å². The van der Waals surface area contributed by atoms with Gasteiger partial charge in [0, 0.05) is 30.9 Å². The first-order chi connectivity index (χ1) is 10.0. The zero-order valence-corrected chi connectivity index (χ0v) is 12.8. The fraction of sp³-hybridized carbons (Fsp3) is 0.533. The van der Waals surface area contributed by atoms with Crippen LogP contribution in [0.5, 0.6) is 0 Å². The Labute approximate surface area is 124 Å². The van der Waals surface area contributed by atoms with Crippen LogP contribution in [0.1, 0.15) is 29.3 Å². The van der Waals surface area contributed by atoms with Gasteiger partial charge >= 0.3 is 0 Å². The number of rotatable bonds is 3. The third-order valence-corrected chi connectivity index (χ3v) is 3.87. The molecule has 1 aliphatic rings. The number of hydrogen-bond donors (Lipinski definition) is 1. The van der Waals surface area contributed by atoms with Crippen molar-refractivity contribution in [2.24, 2.45) is 0 Å². The second-order valence-corrected chi connectivity index (χ2v) is 5.84. The van der Waals surface area contributed by atoms with E-state index in [4.69, 9.17) is 0 Å². The highest BCUT2D eigenvalue weighted by atomic mass is 16.2. The van der Waals surface area contributed by atoms with Gasteiger partial charge < -0.3 is 9.88 Å². The Kier molecular flexibility index (Phi) is 3.53. The standard InChI is InChI=1S/C15H21N5O/c1-10-6-12(3)20(18-10)9-15(21)17-13-4-5-14-16-11(2)7-19(14)8-13/h6-7,13H,4-5,8-9H2,1-3H3,(H,17,21)/t13-/m0/s1. The van der Waals surface area contributed by atoms with Crippen LogP contribution in [0.25, 0.3) is 0 Å². The van der Waals surface area contributed by atoms with Crippen molar-refractivity contribution >= 4 is 5.91 Å². The van der Waals surface area contributed by atoms with Gasteiger partial charge in [-0.05, 0) is 33.3 Å². The minimum atomic E-state index is 0.0199. The van der Waals surface area contributed by atoms with Gasteiger partial charge in [0.25, 0.3) is 0 Å².